The van der Waals surface area contributed by atoms with Crippen LogP contribution >= 0.6 is 0 Å². The second-order valence-electron chi connectivity index (χ2n) is 8.70. The van der Waals surface area contributed by atoms with Crippen LogP contribution in [0.4, 0.5) is 0 Å². The van der Waals surface area contributed by atoms with Crippen molar-refractivity contribution in [3.05, 3.63) is 29.3 Å². The maximum absolute atomic E-state index is 11.1. The van der Waals surface area contributed by atoms with Crippen molar-refractivity contribution in [2.75, 3.05) is 5.75 Å². The molecule has 1 unspecified atom stereocenters. The lowest BCUT2D eigenvalue weighted by Crippen LogP contribution is -2.23. The second kappa shape index (κ2) is 15.7. The van der Waals surface area contributed by atoms with E-state index < -0.39 is 16.2 Å². The van der Waals surface area contributed by atoms with Gasteiger partial charge in [-0.1, -0.05) is 84.1 Å². The topological polar surface area (TPSA) is 63.6 Å². The van der Waals surface area contributed by atoms with Gasteiger partial charge in [0.2, 0.25) is 0 Å². The van der Waals surface area contributed by atoms with Crippen molar-refractivity contribution in [3.8, 4) is 5.75 Å². The van der Waals surface area contributed by atoms with Crippen LogP contribution in [0.3, 0.4) is 0 Å². The molecule has 1 atom stereocenters. The summed E-state index contributed by atoms with van der Waals surface area (Å²) in [7, 11) is -4.04. The van der Waals surface area contributed by atoms with Crippen molar-refractivity contribution in [3.63, 3.8) is 0 Å². The Hall–Kier alpha value is -1.07. The summed E-state index contributed by atoms with van der Waals surface area (Å²) in [6, 6.07) is 6.37. The molecule has 0 saturated carbocycles. The molecule has 30 heavy (non-hydrogen) atoms. The first-order chi connectivity index (χ1) is 14.3. The summed E-state index contributed by atoms with van der Waals surface area (Å²) >= 11 is 0. The first-order valence-corrected chi connectivity index (χ1v) is 13.7. The Kier molecular flexibility index (Phi) is 14.1. The number of aryl methyl sites for hydroxylation is 2. The van der Waals surface area contributed by atoms with E-state index >= 15 is 0 Å². The van der Waals surface area contributed by atoms with Gasteiger partial charge in [0.25, 0.3) is 10.1 Å². The number of hydrogen-bond donors (Lipinski definition) is 1. The predicted molar refractivity (Wildman–Crippen MR) is 127 cm³/mol. The Balaban J connectivity index is 2.66. The van der Waals surface area contributed by atoms with Gasteiger partial charge >= 0.3 is 0 Å². The van der Waals surface area contributed by atoms with E-state index in [2.05, 4.69) is 19.9 Å². The molecule has 1 rings (SSSR count). The third-order valence-corrected chi connectivity index (χ3v) is 6.34. The van der Waals surface area contributed by atoms with Crippen molar-refractivity contribution >= 4 is 10.1 Å². The van der Waals surface area contributed by atoms with E-state index in [4.69, 9.17) is 9.29 Å². The van der Waals surface area contributed by atoms with Gasteiger partial charge in [0.1, 0.15) is 17.6 Å². The van der Waals surface area contributed by atoms with Gasteiger partial charge in [0.15, 0.2) is 0 Å². The fraction of sp³-hybridized carbons (Fsp3) is 0.760. The lowest BCUT2D eigenvalue weighted by molar-refractivity contribution is 0.241. The molecule has 4 nitrogen and oxygen atoms in total. The SMILES string of the molecule is CCCCCCCCc1cc(CCCCCCCC)cc(OC(C)CS(=O)(=O)O)c1. The highest BCUT2D eigenvalue weighted by Gasteiger charge is 2.14. The minimum atomic E-state index is -4.04. The van der Waals surface area contributed by atoms with E-state index in [-0.39, 0.29) is 5.75 Å². The van der Waals surface area contributed by atoms with Crippen LogP contribution in [0.5, 0.6) is 5.75 Å². The molecule has 0 fully saturated rings. The van der Waals surface area contributed by atoms with Crippen LogP contribution in [0, 0.1) is 0 Å². The molecule has 0 aromatic heterocycles. The summed E-state index contributed by atoms with van der Waals surface area (Å²) in [6.07, 6.45) is 16.7. The molecule has 0 saturated heterocycles. The van der Waals surface area contributed by atoms with E-state index in [0.717, 1.165) is 18.6 Å². The number of rotatable bonds is 18. The van der Waals surface area contributed by atoms with E-state index in [1.807, 2.05) is 12.1 Å². The molecule has 0 aliphatic heterocycles. The Bertz CT molecular complexity index is 635. The fourth-order valence-corrected chi connectivity index (χ4v) is 4.53. The third-order valence-electron chi connectivity index (χ3n) is 5.45. The average molecular weight is 441 g/mol. The van der Waals surface area contributed by atoms with Crippen molar-refractivity contribution in [1.29, 1.82) is 0 Å². The van der Waals surface area contributed by atoms with Gasteiger partial charge in [-0.25, -0.2) is 0 Å². The minimum absolute atomic E-state index is 0.387. The van der Waals surface area contributed by atoms with Gasteiger partial charge in [-0.2, -0.15) is 8.42 Å². The lowest BCUT2D eigenvalue weighted by Gasteiger charge is -2.16. The Morgan fingerprint density at radius 2 is 1.20 bits per heavy atom. The second-order valence-corrected chi connectivity index (χ2v) is 10.2. The number of unbranched alkanes of at least 4 members (excludes halogenated alkanes) is 10. The molecule has 0 aliphatic carbocycles. The average Bonchev–Trinajstić information content (AvgIpc) is 2.65. The zero-order valence-electron chi connectivity index (χ0n) is 19.5. The monoisotopic (exact) mass is 440 g/mol. The van der Waals surface area contributed by atoms with Crippen LogP contribution in [0.25, 0.3) is 0 Å². The van der Waals surface area contributed by atoms with Gasteiger partial charge < -0.3 is 4.74 Å². The van der Waals surface area contributed by atoms with Crippen LogP contribution in [0.2, 0.25) is 0 Å². The molecule has 0 bridgehead atoms. The highest BCUT2D eigenvalue weighted by molar-refractivity contribution is 7.85. The Morgan fingerprint density at radius 1 is 0.767 bits per heavy atom. The largest absolute Gasteiger partial charge is 0.490 e. The summed E-state index contributed by atoms with van der Waals surface area (Å²) in [5.41, 5.74) is 2.53. The van der Waals surface area contributed by atoms with Gasteiger partial charge in [-0.05, 0) is 55.9 Å². The van der Waals surface area contributed by atoms with Crippen LogP contribution in [0.1, 0.15) is 109 Å². The smallest absolute Gasteiger partial charge is 0.268 e. The standard InChI is InChI=1S/C25H44O4S/c1-4-6-8-10-12-14-16-23-18-24(17-15-13-11-9-7-5-2)20-25(19-23)29-22(3)21-30(26,27)28/h18-20,22H,4-17,21H2,1-3H3,(H,26,27,28). The van der Waals surface area contributed by atoms with Gasteiger partial charge in [0, 0.05) is 0 Å². The molecular weight excluding hydrogens is 396 g/mol. The first kappa shape index (κ1) is 27.0. The maximum atomic E-state index is 11.1. The van der Waals surface area contributed by atoms with E-state index in [0.29, 0.717) is 0 Å². The van der Waals surface area contributed by atoms with Crippen molar-refractivity contribution < 1.29 is 17.7 Å². The summed E-state index contributed by atoms with van der Waals surface area (Å²) in [4.78, 5) is 0. The van der Waals surface area contributed by atoms with E-state index in [1.54, 1.807) is 6.92 Å². The van der Waals surface area contributed by atoms with Crippen LogP contribution < -0.4 is 4.74 Å². The summed E-state index contributed by atoms with van der Waals surface area (Å²) in [5.74, 6) is 0.331. The molecular formula is C25H44O4S. The molecule has 5 heteroatoms. The predicted octanol–water partition coefficient (Wildman–Crippen LogP) is 7.15. The molecule has 0 heterocycles. The normalized spacial score (nSPS) is 12.8. The van der Waals surface area contributed by atoms with Crippen LogP contribution in [-0.4, -0.2) is 24.8 Å². The number of ether oxygens (including phenoxy) is 1. The zero-order valence-corrected chi connectivity index (χ0v) is 20.3. The van der Waals surface area contributed by atoms with Crippen molar-refractivity contribution in [2.24, 2.45) is 0 Å². The van der Waals surface area contributed by atoms with E-state index in [1.165, 1.54) is 88.2 Å². The van der Waals surface area contributed by atoms with Crippen molar-refractivity contribution in [1.82, 2.24) is 0 Å². The number of benzene rings is 1. The molecule has 0 amide bonds. The molecule has 1 aromatic rings. The third kappa shape index (κ3) is 14.0. The Morgan fingerprint density at radius 3 is 1.63 bits per heavy atom. The molecule has 0 radical (unpaired) electrons. The van der Waals surface area contributed by atoms with E-state index in [9.17, 15) is 8.42 Å². The number of hydrogen-bond acceptors (Lipinski definition) is 3. The summed E-state index contributed by atoms with van der Waals surface area (Å²) in [6.45, 7) is 6.15. The van der Waals surface area contributed by atoms with Crippen LogP contribution in [-0.2, 0) is 23.0 Å². The molecule has 0 spiro atoms. The molecule has 0 aliphatic rings. The Labute approximate surface area is 185 Å². The minimum Gasteiger partial charge on any atom is -0.490 e. The summed E-state index contributed by atoms with van der Waals surface area (Å²) < 4.78 is 37.2. The fourth-order valence-electron chi connectivity index (χ4n) is 3.87. The quantitative estimate of drug-likeness (QED) is 0.194. The zero-order chi connectivity index (χ0) is 22.2. The maximum Gasteiger partial charge on any atom is 0.268 e. The van der Waals surface area contributed by atoms with Gasteiger partial charge in [-0.15, -0.1) is 0 Å². The molecule has 174 valence electrons. The van der Waals surface area contributed by atoms with Gasteiger partial charge in [0.05, 0.1) is 0 Å². The highest BCUT2D eigenvalue weighted by Crippen LogP contribution is 2.23. The lowest BCUT2D eigenvalue weighted by atomic mass is 9.99. The molecule has 1 N–H and O–H groups in total. The summed E-state index contributed by atoms with van der Waals surface area (Å²) in [5, 5.41) is 0. The van der Waals surface area contributed by atoms with Crippen molar-refractivity contribution in [2.45, 2.75) is 117 Å². The van der Waals surface area contributed by atoms with Crippen LogP contribution in [0.15, 0.2) is 18.2 Å². The van der Waals surface area contributed by atoms with Gasteiger partial charge in [-0.3, -0.25) is 4.55 Å². The molecule has 1 aromatic carbocycles. The highest BCUT2D eigenvalue weighted by atomic mass is 32.2. The first-order valence-electron chi connectivity index (χ1n) is 12.1.